The van der Waals surface area contributed by atoms with Crippen LogP contribution in [0.5, 0.6) is 5.75 Å². The second-order valence-corrected chi connectivity index (χ2v) is 5.12. The second-order valence-electron chi connectivity index (χ2n) is 5.12. The number of methoxy groups -OCH3 is 1. The van der Waals surface area contributed by atoms with E-state index in [0.29, 0.717) is 10.3 Å². The summed E-state index contributed by atoms with van der Waals surface area (Å²) in [4.78, 5) is 0. The van der Waals surface area contributed by atoms with Crippen molar-refractivity contribution < 1.29 is 17.9 Å². The molecule has 9 heteroatoms. The van der Waals surface area contributed by atoms with Gasteiger partial charge in [0.2, 0.25) is 0 Å². The van der Waals surface area contributed by atoms with E-state index in [-0.39, 0.29) is 17.5 Å². The second kappa shape index (κ2) is 5.99. The summed E-state index contributed by atoms with van der Waals surface area (Å²) in [6.07, 6.45) is -4.63. The van der Waals surface area contributed by atoms with Crippen molar-refractivity contribution in [2.24, 2.45) is 0 Å². The molecule has 0 fully saturated rings. The van der Waals surface area contributed by atoms with E-state index in [9.17, 15) is 13.2 Å². The van der Waals surface area contributed by atoms with E-state index in [1.807, 2.05) is 31.2 Å². The van der Waals surface area contributed by atoms with Crippen molar-refractivity contribution in [3.63, 3.8) is 0 Å². The van der Waals surface area contributed by atoms with E-state index >= 15 is 0 Å². The lowest BCUT2D eigenvalue weighted by Gasteiger charge is -2.17. The number of rotatable bonds is 4. The monoisotopic (exact) mass is 337 g/mol. The van der Waals surface area contributed by atoms with Crippen molar-refractivity contribution in [3.8, 4) is 5.75 Å². The predicted molar refractivity (Wildman–Crippen MR) is 80.8 cm³/mol. The van der Waals surface area contributed by atoms with E-state index in [1.165, 1.54) is 6.07 Å². The third-order valence-electron chi connectivity index (χ3n) is 3.49. The number of fused-ring (bicyclic) bond motifs is 1. The smallest absolute Gasteiger partial charge is 0.453 e. The molecule has 1 aromatic carbocycles. The van der Waals surface area contributed by atoms with Gasteiger partial charge < -0.3 is 10.1 Å². The molecule has 24 heavy (non-hydrogen) atoms. The van der Waals surface area contributed by atoms with Crippen LogP contribution in [0.4, 0.5) is 19.0 Å². The quantitative estimate of drug-likeness (QED) is 0.791. The number of halogens is 3. The fourth-order valence-electron chi connectivity index (χ4n) is 2.37. The van der Waals surface area contributed by atoms with E-state index in [0.717, 1.165) is 5.56 Å². The van der Waals surface area contributed by atoms with E-state index in [2.05, 4.69) is 20.6 Å². The lowest BCUT2D eigenvalue weighted by molar-refractivity contribution is -0.146. The van der Waals surface area contributed by atoms with Gasteiger partial charge in [0.05, 0.1) is 13.2 Å². The average molecular weight is 337 g/mol. The molecule has 126 valence electrons. The summed E-state index contributed by atoms with van der Waals surface area (Å²) in [5, 5.41) is 13.6. The Bertz CT molecular complexity index is 862. The molecule has 0 saturated carbocycles. The number of nitrogens with zero attached hydrogens (tertiary/aromatic N) is 4. The summed E-state index contributed by atoms with van der Waals surface area (Å²) in [7, 11) is 1.56. The highest BCUT2D eigenvalue weighted by Crippen LogP contribution is 2.29. The van der Waals surface area contributed by atoms with E-state index < -0.39 is 12.0 Å². The molecule has 1 atom stereocenters. The first-order valence-corrected chi connectivity index (χ1v) is 7.09. The zero-order valence-corrected chi connectivity index (χ0v) is 12.9. The third-order valence-corrected chi connectivity index (χ3v) is 3.49. The highest BCUT2D eigenvalue weighted by Gasteiger charge is 2.37. The van der Waals surface area contributed by atoms with Crippen LogP contribution in [0.25, 0.3) is 5.65 Å². The molecule has 0 spiro atoms. The van der Waals surface area contributed by atoms with Gasteiger partial charge in [-0.05, 0) is 25.1 Å². The molecule has 1 unspecified atom stereocenters. The normalized spacial score (nSPS) is 13.0. The number of para-hydroxylation sites is 1. The number of anilines is 1. The summed E-state index contributed by atoms with van der Waals surface area (Å²) >= 11 is 0. The minimum absolute atomic E-state index is 0.0258. The number of hydrogen-bond acceptors (Lipinski definition) is 5. The maximum atomic E-state index is 12.9. The average Bonchev–Trinajstić information content (AvgIpc) is 2.98. The molecule has 6 nitrogen and oxygen atoms in total. The standard InChI is InChI=1S/C15H14F3N5O/c1-9(10-5-3-4-6-11(10)24-2)19-12-7-8-13-20-21-14(15(16,17)18)23(13)22-12/h3-9H,1-2H3,(H,19,22). The first-order valence-electron chi connectivity index (χ1n) is 7.09. The van der Waals surface area contributed by atoms with Gasteiger partial charge in [-0.1, -0.05) is 18.2 Å². The Kier molecular flexibility index (Phi) is 4.00. The number of ether oxygens (including phenoxy) is 1. The van der Waals surface area contributed by atoms with Crippen molar-refractivity contribution in [1.82, 2.24) is 19.8 Å². The van der Waals surface area contributed by atoms with Gasteiger partial charge in [0.25, 0.3) is 5.82 Å². The van der Waals surface area contributed by atoms with Crippen molar-refractivity contribution in [2.45, 2.75) is 19.1 Å². The van der Waals surface area contributed by atoms with Crippen LogP contribution in [0.15, 0.2) is 36.4 Å². The van der Waals surface area contributed by atoms with Crippen molar-refractivity contribution in [2.75, 3.05) is 12.4 Å². The molecular formula is C15H14F3N5O. The number of alkyl halides is 3. The lowest BCUT2D eigenvalue weighted by Crippen LogP contribution is -2.14. The Morgan fingerprint density at radius 1 is 1.12 bits per heavy atom. The molecule has 0 aliphatic rings. The van der Waals surface area contributed by atoms with Crippen LogP contribution in [-0.4, -0.2) is 26.9 Å². The van der Waals surface area contributed by atoms with Crippen LogP contribution >= 0.6 is 0 Å². The van der Waals surface area contributed by atoms with Crippen molar-refractivity contribution >= 4 is 11.5 Å². The summed E-state index contributed by atoms with van der Waals surface area (Å²) < 4.78 is 44.7. The first kappa shape index (κ1) is 16.0. The molecule has 0 amide bonds. The Hall–Kier alpha value is -2.84. The Morgan fingerprint density at radius 3 is 2.58 bits per heavy atom. The largest absolute Gasteiger partial charge is 0.496 e. The van der Waals surface area contributed by atoms with Crippen LogP contribution in [0.3, 0.4) is 0 Å². The molecule has 3 aromatic rings. The number of benzene rings is 1. The summed E-state index contributed by atoms with van der Waals surface area (Å²) in [6.45, 7) is 1.86. The van der Waals surface area contributed by atoms with Crippen LogP contribution in [0.2, 0.25) is 0 Å². The lowest BCUT2D eigenvalue weighted by atomic mass is 10.1. The van der Waals surface area contributed by atoms with Crippen LogP contribution in [0, 0.1) is 0 Å². The van der Waals surface area contributed by atoms with Gasteiger partial charge in [-0.2, -0.15) is 17.7 Å². The third kappa shape index (κ3) is 2.97. The van der Waals surface area contributed by atoms with Gasteiger partial charge in [0, 0.05) is 5.56 Å². The molecule has 0 saturated heterocycles. The van der Waals surface area contributed by atoms with Gasteiger partial charge in [0.15, 0.2) is 5.65 Å². The molecule has 0 aliphatic heterocycles. The topological polar surface area (TPSA) is 64.3 Å². The maximum Gasteiger partial charge on any atom is 0.453 e. The van der Waals surface area contributed by atoms with Gasteiger partial charge in [-0.15, -0.1) is 15.3 Å². The van der Waals surface area contributed by atoms with Crippen molar-refractivity contribution in [1.29, 1.82) is 0 Å². The minimum atomic E-state index is -4.63. The number of aromatic nitrogens is 4. The molecule has 2 heterocycles. The molecule has 1 N–H and O–H groups in total. The van der Waals surface area contributed by atoms with Crippen LogP contribution in [-0.2, 0) is 6.18 Å². The fourth-order valence-corrected chi connectivity index (χ4v) is 2.37. The minimum Gasteiger partial charge on any atom is -0.496 e. The van der Waals surface area contributed by atoms with Gasteiger partial charge in [0.1, 0.15) is 11.6 Å². The fraction of sp³-hybridized carbons (Fsp3) is 0.267. The predicted octanol–water partition coefficient (Wildman–Crippen LogP) is 3.32. The van der Waals surface area contributed by atoms with Crippen LogP contribution in [0.1, 0.15) is 24.4 Å². The molecular weight excluding hydrogens is 323 g/mol. The van der Waals surface area contributed by atoms with Gasteiger partial charge >= 0.3 is 6.18 Å². The molecule has 0 bridgehead atoms. The van der Waals surface area contributed by atoms with Gasteiger partial charge in [-0.25, -0.2) is 0 Å². The molecule has 0 aliphatic carbocycles. The first-order chi connectivity index (χ1) is 11.4. The summed E-state index contributed by atoms with van der Waals surface area (Å²) in [5.74, 6) is -0.212. The SMILES string of the molecule is COc1ccccc1C(C)Nc1ccc2nnc(C(F)(F)F)n2n1. The molecule has 3 rings (SSSR count). The van der Waals surface area contributed by atoms with Gasteiger partial charge in [-0.3, -0.25) is 0 Å². The summed E-state index contributed by atoms with van der Waals surface area (Å²) in [6, 6.07) is 10.1. The number of nitrogens with one attached hydrogen (secondary N) is 1. The Labute approximate surface area is 135 Å². The highest BCUT2D eigenvalue weighted by atomic mass is 19.4. The van der Waals surface area contributed by atoms with Crippen molar-refractivity contribution in [3.05, 3.63) is 47.8 Å². The zero-order chi connectivity index (χ0) is 17.3. The van der Waals surface area contributed by atoms with E-state index in [4.69, 9.17) is 4.74 Å². The summed E-state index contributed by atoms with van der Waals surface area (Å²) in [5.41, 5.74) is 0.888. The number of hydrogen-bond donors (Lipinski definition) is 1. The highest BCUT2D eigenvalue weighted by molar-refractivity contribution is 5.47. The zero-order valence-electron chi connectivity index (χ0n) is 12.9. The maximum absolute atomic E-state index is 12.9. The Balaban J connectivity index is 1.92. The Morgan fingerprint density at radius 2 is 1.88 bits per heavy atom. The molecule has 2 aromatic heterocycles. The van der Waals surface area contributed by atoms with Crippen LogP contribution < -0.4 is 10.1 Å². The molecule has 0 radical (unpaired) electrons. The van der Waals surface area contributed by atoms with E-state index in [1.54, 1.807) is 13.2 Å².